The molecule has 0 amide bonds. The fourth-order valence-electron chi connectivity index (χ4n) is 2.25. The molecule has 0 spiro atoms. The maximum Gasteiger partial charge on any atom is 2.00 e. The molecule has 2 rings (SSSR count). The number of hydrogen-bond acceptors (Lipinski definition) is 4. The molecule has 0 aliphatic carbocycles. The zero-order chi connectivity index (χ0) is 18.3. The summed E-state index contributed by atoms with van der Waals surface area (Å²) >= 11 is 0. The van der Waals surface area contributed by atoms with Crippen LogP contribution in [0, 0.1) is 13.0 Å². The van der Waals surface area contributed by atoms with E-state index in [1.807, 2.05) is 45.0 Å². The van der Waals surface area contributed by atoms with Crippen LogP contribution in [0.1, 0.15) is 48.5 Å². The van der Waals surface area contributed by atoms with Gasteiger partial charge in [0.05, 0.1) is 5.54 Å². The number of nitrogens with zero attached hydrogens (tertiary/aromatic N) is 5. The van der Waals surface area contributed by atoms with Gasteiger partial charge in [-0.3, -0.25) is 0 Å². The molecule has 1 aromatic heterocycles. The molecule has 25 heavy (non-hydrogen) atoms. The second-order valence-electron chi connectivity index (χ2n) is 7.27. The average molecular weight is 354 g/mol. The molecule has 0 bridgehead atoms. The Balaban J connectivity index is 0.000000504. The van der Waals surface area contributed by atoms with Crippen LogP contribution in [0.5, 0.6) is 0 Å². The van der Waals surface area contributed by atoms with Gasteiger partial charge in [0, 0.05) is 12.1 Å². The first-order valence-electron chi connectivity index (χ1n) is 8.49. The molecule has 6 heteroatoms. The van der Waals surface area contributed by atoms with E-state index < -0.39 is 0 Å². The van der Waals surface area contributed by atoms with E-state index in [1.165, 1.54) is 0 Å². The van der Waals surface area contributed by atoms with Crippen LogP contribution in [0.4, 0.5) is 0 Å². The van der Waals surface area contributed by atoms with E-state index >= 15 is 0 Å². The Bertz CT molecular complexity index is 579. The Kier molecular flexibility index (Phi) is 10.5. The second kappa shape index (κ2) is 10.9. The molecule has 2 aromatic rings. The number of hydrogen-bond donors (Lipinski definition) is 0. The number of benzene rings is 1. The van der Waals surface area contributed by atoms with Crippen molar-refractivity contribution < 1.29 is 0 Å². The SMILES string of the molecule is CC(C)(C)n1nnc(-c2[c-]cccc2)n1.[CH2-]CN(C(C)C)C(C)C.[Mg+2]. The Morgan fingerprint density at radius 1 is 1.16 bits per heavy atom. The smallest absolute Gasteiger partial charge is 0.330 e. The van der Waals surface area contributed by atoms with Gasteiger partial charge in [-0.25, -0.2) is 0 Å². The van der Waals surface area contributed by atoms with Gasteiger partial charge in [0.15, 0.2) is 0 Å². The third-order valence-electron chi connectivity index (χ3n) is 3.55. The monoisotopic (exact) mass is 353 g/mol. The minimum absolute atomic E-state index is 0. The Morgan fingerprint density at radius 3 is 2.08 bits per heavy atom. The summed E-state index contributed by atoms with van der Waals surface area (Å²) in [4.78, 5) is 3.96. The van der Waals surface area contributed by atoms with Crippen LogP contribution >= 0.6 is 0 Å². The molecule has 0 saturated carbocycles. The molecule has 1 aromatic carbocycles. The summed E-state index contributed by atoms with van der Waals surface area (Å²) in [6.07, 6.45) is 0. The van der Waals surface area contributed by atoms with Crippen LogP contribution in [0.2, 0.25) is 0 Å². The van der Waals surface area contributed by atoms with Crippen molar-refractivity contribution in [2.24, 2.45) is 0 Å². The van der Waals surface area contributed by atoms with Crippen molar-refractivity contribution in [3.05, 3.63) is 37.3 Å². The van der Waals surface area contributed by atoms with Crippen molar-refractivity contribution >= 4 is 23.1 Å². The van der Waals surface area contributed by atoms with Gasteiger partial charge in [0.25, 0.3) is 0 Å². The zero-order valence-corrected chi connectivity index (χ0v) is 18.2. The molecule has 0 aliphatic rings. The summed E-state index contributed by atoms with van der Waals surface area (Å²) in [5.74, 6) is 0.616. The van der Waals surface area contributed by atoms with Crippen LogP contribution < -0.4 is 0 Å². The Morgan fingerprint density at radius 2 is 1.76 bits per heavy atom. The van der Waals surface area contributed by atoms with Crippen LogP contribution in [0.3, 0.4) is 0 Å². The van der Waals surface area contributed by atoms with Gasteiger partial charge >= 0.3 is 23.1 Å². The summed E-state index contributed by atoms with van der Waals surface area (Å²) < 4.78 is 0. The van der Waals surface area contributed by atoms with Crippen LogP contribution in [0.25, 0.3) is 11.4 Å². The van der Waals surface area contributed by atoms with Gasteiger partial charge in [-0.15, -0.1) is 42.4 Å². The van der Waals surface area contributed by atoms with Gasteiger partial charge in [-0.05, 0) is 48.5 Å². The first-order chi connectivity index (χ1) is 11.2. The fourth-order valence-corrected chi connectivity index (χ4v) is 2.25. The molecule has 0 fully saturated rings. The maximum atomic E-state index is 4.31. The fraction of sp³-hybridized carbons (Fsp3) is 0.579. The quantitative estimate of drug-likeness (QED) is 0.624. The molecular formula is C19H31MgN5. The van der Waals surface area contributed by atoms with Crippen molar-refractivity contribution in [1.29, 1.82) is 0 Å². The number of rotatable bonds is 4. The van der Waals surface area contributed by atoms with E-state index in [0.717, 1.165) is 12.1 Å². The van der Waals surface area contributed by atoms with E-state index in [0.29, 0.717) is 17.9 Å². The van der Waals surface area contributed by atoms with E-state index in [1.54, 1.807) is 4.80 Å². The Labute approximate surface area is 169 Å². The average Bonchev–Trinajstić information content (AvgIpc) is 2.98. The number of aromatic nitrogens is 4. The first kappa shape index (κ1) is 24.0. The largest absolute Gasteiger partial charge is 2.00 e. The van der Waals surface area contributed by atoms with Crippen molar-refractivity contribution in [3.63, 3.8) is 0 Å². The normalized spacial score (nSPS) is 11.3. The first-order valence-corrected chi connectivity index (χ1v) is 8.49. The van der Waals surface area contributed by atoms with Crippen molar-refractivity contribution in [3.8, 4) is 11.4 Å². The van der Waals surface area contributed by atoms with Gasteiger partial charge in [0.1, 0.15) is 5.82 Å². The molecule has 0 N–H and O–H groups in total. The molecule has 5 nitrogen and oxygen atoms in total. The molecule has 0 aliphatic heterocycles. The van der Waals surface area contributed by atoms with E-state index in [4.69, 9.17) is 0 Å². The molecule has 0 saturated heterocycles. The minimum Gasteiger partial charge on any atom is -0.330 e. The molecule has 134 valence electrons. The summed E-state index contributed by atoms with van der Waals surface area (Å²) in [7, 11) is 0. The summed E-state index contributed by atoms with van der Waals surface area (Å²) in [6, 6.07) is 11.9. The van der Waals surface area contributed by atoms with Crippen molar-refractivity contribution in [1.82, 2.24) is 25.1 Å². The molecule has 0 radical (unpaired) electrons. The summed E-state index contributed by atoms with van der Waals surface area (Å²) in [5.41, 5.74) is 0.730. The van der Waals surface area contributed by atoms with Crippen LogP contribution in [-0.2, 0) is 5.54 Å². The van der Waals surface area contributed by atoms with E-state index in [-0.39, 0.29) is 28.6 Å². The van der Waals surface area contributed by atoms with Gasteiger partial charge in [0.2, 0.25) is 0 Å². The minimum atomic E-state index is -0.139. The summed E-state index contributed by atoms with van der Waals surface area (Å²) in [6.45, 7) is 19.7. The van der Waals surface area contributed by atoms with Crippen LogP contribution in [-0.4, -0.2) is 66.8 Å². The third-order valence-corrected chi connectivity index (χ3v) is 3.55. The third kappa shape index (κ3) is 7.84. The maximum absolute atomic E-state index is 4.31. The molecular weight excluding hydrogens is 323 g/mol. The molecule has 0 atom stereocenters. The molecule has 0 unspecified atom stereocenters. The topological polar surface area (TPSA) is 46.8 Å². The molecule has 1 heterocycles. The number of tetrazole rings is 1. The van der Waals surface area contributed by atoms with Gasteiger partial charge < -0.3 is 11.8 Å². The van der Waals surface area contributed by atoms with E-state index in [9.17, 15) is 0 Å². The van der Waals surface area contributed by atoms with Crippen LogP contribution in [0.15, 0.2) is 24.3 Å². The Hall–Kier alpha value is -0.984. The predicted molar refractivity (Wildman–Crippen MR) is 105 cm³/mol. The van der Waals surface area contributed by atoms with Gasteiger partial charge in [-0.1, -0.05) is 5.21 Å². The van der Waals surface area contributed by atoms with Crippen molar-refractivity contribution in [2.75, 3.05) is 6.54 Å². The predicted octanol–water partition coefficient (Wildman–Crippen LogP) is 3.45. The zero-order valence-electron chi connectivity index (χ0n) is 16.8. The van der Waals surface area contributed by atoms with Crippen molar-refractivity contribution in [2.45, 2.75) is 66.1 Å². The van der Waals surface area contributed by atoms with Gasteiger partial charge in [-0.2, -0.15) is 15.0 Å². The van der Waals surface area contributed by atoms with E-state index in [2.05, 4.69) is 61.0 Å². The standard InChI is InChI=1S/C11H13N4.C8H18N.Mg/c1-11(2,3)15-13-10(12-14-15)9-7-5-4-6-8-9;1-6-9(7(2)3)8(4)5;/h4-7H,1-3H3;7-8H,1,6H2,2-5H3;/q2*-1;+2. The summed E-state index contributed by atoms with van der Waals surface area (Å²) in [5, 5.41) is 12.3. The second-order valence-corrected chi connectivity index (χ2v) is 7.27.